The van der Waals surface area contributed by atoms with Gasteiger partial charge in [-0.1, -0.05) is 12.1 Å². The highest BCUT2D eigenvalue weighted by molar-refractivity contribution is 5.84. The van der Waals surface area contributed by atoms with Gasteiger partial charge in [-0.2, -0.15) is 10.4 Å². The summed E-state index contributed by atoms with van der Waals surface area (Å²) in [6, 6.07) is 14.6. The number of hydrogen-bond donors (Lipinski definition) is 1. The topological polar surface area (TPSA) is 118 Å². The van der Waals surface area contributed by atoms with Gasteiger partial charge in [0.2, 0.25) is 0 Å². The molecule has 0 fully saturated rings. The Bertz CT molecular complexity index is 914. The number of allylic oxidation sites excluding steroid dienone is 1. The molecule has 0 radical (unpaired) electrons. The SMILES string of the molecule is CC(Oc1ccc(C#N)cc1)C(=O)N/N=C/C=C/c1ccccc1[N+](=O)[O-]. The van der Waals surface area contributed by atoms with Crippen LogP contribution in [0.15, 0.2) is 59.7 Å². The number of hydrogen-bond acceptors (Lipinski definition) is 6. The minimum atomic E-state index is -0.797. The first kappa shape index (κ1) is 19.3. The van der Waals surface area contributed by atoms with Gasteiger partial charge in [0.25, 0.3) is 11.6 Å². The van der Waals surface area contributed by atoms with E-state index in [1.54, 1.807) is 49.4 Å². The fraction of sp³-hybridized carbons (Fsp3) is 0.105. The van der Waals surface area contributed by atoms with Gasteiger partial charge in [0.05, 0.1) is 22.1 Å². The van der Waals surface area contributed by atoms with Crippen molar-refractivity contribution < 1.29 is 14.5 Å². The van der Waals surface area contributed by atoms with E-state index >= 15 is 0 Å². The maximum Gasteiger partial charge on any atom is 0.280 e. The Hall–Kier alpha value is -3.99. The third-order valence-corrected chi connectivity index (χ3v) is 3.41. The van der Waals surface area contributed by atoms with Crippen molar-refractivity contribution in [2.24, 2.45) is 5.10 Å². The predicted molar refractivity (Wildman–Crippen MR) is 100 cm³/mol. The molecule has 0 aliphatic heterocycles. The molecule has 27 heavy (non-hydrogen) atoms. The van der Waals surface area contributed by atoms with E-state index in [0.29, 0.717) is 16.9 Å². The summed E-state index contributed by atoms with van der Waals surface area (Å²) in [5, 5.41) is 23.4. The first-order valence-electron chi connectivity index (χ1n) is 7.91. The van der Waals surface area contributed by atoms with Crippen LogP contribution in [0, 0.1) is 21.4 Å². The van der Waals surface area contributed by atoms with Gasteiger partial charge in [-0.25, -0.2) is 5.43 Å². The Morgan fingerprint density at radius 2 is 2.00 bits per heavy atom. The highest BCUT2D eigenvalue weighted by atomic mass is 16.6. The monoisotopic (exact) mass is 364 g/mol. The van der Waals surface area contributed by atoms with Gasteiger partial charge < -0.3 is 4.74 Å². The van der Waals surface area contributed by atoms with E-state index in [1.165, 1.54) is 24.4 Å². The van der Waals surface area contributed by atoms with Crippen LogP contribution in [0.25, 0.3) is 6.08 Å². The zero-order valence-electron chi connectivity index (χ0n) is 14.4. The van der Waals surface area contributed by atoms with Crippen molar-refractivity contribution in [1.29, 1.82) is 5.26 Å². The fourth-order valence-corrected chi connectivity index (χ4v) is 2.04. The van der Waals surface area contributed by atoms with Gasteiger partial charge in [-0.05, 0) is 49.4 Å². The van der Waals surface area contributed by atoms with Crippen molar-refractivity contribution >= 4 is 23.9 Å². The number of rotatable bonds is 7. The minimum Gasteiger partial charge on any atom is -0.481 e. The number of para-hydroxylation sites is 1. The molecule has 1 unspecified atom stereocenters. The van der Waals surface area contributed by atoms with E-state index in [9.17, 15) is 14.9 Å². The van der Waals surface area contributed by atoms with Crippen molar-refractivity contribution in [2.45, 2.75) is 13.0 Å². The molecule has 1 amide bonds. The third-order valence-electron chi connectivity index (χ3n) is 3.41. The number of nitrogens with zero attached hydrogens (tertiary/aromatic N) is 3. The first-order chi connectivity index (χ1) is 13.0. The predicted octanol–water partition coefficient (Wildman–Crippen LogP) is 3.05. The Kier molecular flexibility index (Phi) is 6.79. The van der Waals surface area contributed by atoms with Crippen LogP contribution in [-0.2, 0) is 4.79 Å². The number of carbonyl (C=O) groups is 1. The van der Waals surface area contributed by atoms with E-state index in [2.05, 4.69) is 10.5 Å². The van der Waals surface area contributed by atoms with E-state index in [1.807, 2.05) is 6.07 Å². The lowest BCUT2D eigenvalue weighted by molar-refractivity contribution is -0.385. The van der Waals surface area contributed by atoms with Crippen LogP contribution in [0.4, 0.5) is 5.69 Å². The normalized spacial score (nSPS) is 11.9. The minimum absolute atomic E-state index is 0.0179. The summed E-state index contributed by atoms with van der Waals surface area (Å²) < 4.78 is 5.46. The number of amides is 1. The number of nitriles is 1. The van der Waals surface area contributed by atoms with Crippen molar-refractivity contribution in [3.05, 3.63) is 75.8 Å². The number of hydrazone groups is 1. The molecule has 0 aliphatic rings. The van der Waals surface area contributed by atoms with E-state index in [0.717, 1.165) is 0 Å². The van der Waals surface area contributed by atoms with Crippen LogP contribution in [-0.4, -0.2) is 23.1 Å². The molecule has 0 aromatic heterocycles. The van der Waals surface area contributed by atoms with Gasteiger partial charge in [-0.3, -0.25) is 14.9 Å². The Morgan fingerprint density at radius 1 is 1.30 bits per heavy atom. The third kappa shape index (κ3) is 5.79. The molecule has 0 saturated heterocycles. The summed E-state index contributed by atoms with van der Waals surface area (Å²) in [6.07, 6.45) is 3.51. The molecule has 136 valence electrons. The molecule has 1 N–H and O–H groups in total. The second-order valence-electron chi connectivity index (χ2n) is 5.33. The molecular weight excluding hydrogens is 348 g/mol. The van der Waals surface area contributed by atoms with Crippen LogP contribution in [0.1, 0.15) is 18.1 Å². The fourth-order valence-electron chi connectivity index (χ4n) is 2.04. The van der Waals surface area contributed by atoms with Crippen molar-refractivity contribution in [3.8, 4) is 11.8 Å². The maximum atomic E-state index is 11.9. The smallest absolute Gasteiger partial charge is 0.280 e. The Balaban J connectivity index is 1.87. The van der Waals surface area contributed by atoms with Crippen molar-refractivity contribution in [1.82, 2.24) is 5.43 Å². The number of carbonyl (C=O) groups excluding carboxylic acids is 1. The quantitative estimate of drug-likeness (QED) is 0.460. The first-order valence-corrected chi connectivity index (χ1v) is 7.91. The summed E-state index contributed by atoms with van der Waals surface area (Å²) in [4.78, 5) is 22.4. The average molecular weight is 364 g/mol. The molecule has 1 atom stereocenters. The molecule has 0 spiro atoms. The van der Waals surface area contributed by atoms with Crippen LogP contribution in [0.3, 0.4) is 0 Å². The standard InChI is InChI=1S/C19H16N4O4/c1-14(27-17-10-8-15(13-20)9-11-17)19(24)22-21-12-4-6-16-5-2-3-7-18(16)23(25)26/h2-12,14H,1H3,(H,22,24)/b6-4+,21-12+. The van der Waals surface area contributed by atoms with Crippen LogP contribution in [0.2, 0.25) is 0 Å². The number of nitrogens with one attached hydrogen (secondary N) is 1. The van der Waals surface area contributed by atoms with Gasteiger partial charge in [-0.15, -0.1) is 0 Å². The van der Waals surface area contributed by atoms with Crippen molar-refractivity contribution in [3.63, 3.8) is 0 Å². The average Bonchev–Trinajstić information content (AvgIpc) is 2.68. The molecule has 2 aromatic rings. The van der Waals surface area contributed by atoms with Crippen LogP contribution < -0.4 is 10.2 Å². The zero-order valence-corrected chi connectivity index (χ0v) is 14.4. The molecule has 8 nitrogen and oxygen atoms in total. The van der Waals surface area contributed by atoms with E-state index in [4.69, 9.17) is 10.00 Å². The summed E-state index contributed by atoms with van der Waals surface area (Å²) in [5.74, 6) is -0.00776. The Morgan fingerprint density at radius 3 is 2.67 bits per heavy atom. The maximum absolute atomic E-state index is 11.9. The van der Waals surface area contributed by atoms with Gasteiger partial charge in [0.1, 0.15) is 5.75 Å². The van der Waals surface area contributed by atoms with Gasteiger partial charge >= 0.3 is 0 Å². The van der Waals surface area contributed by atoms with Crippen LogP contribution >= 0.6 is 0 Å². The van der Waals surface area contributed by atoms with E-state index < -0.39 is 16.9 Å². The summed E-state index contributed by atoms with van der Waals surface area (Å²) in [5.41, 5.74) is 3.22. The van der Waals surface area contributed by atoms with Crippen LogP contribution in [0.5, 0.6) is 5.75 Å². The molecular formula is C19H16N4O4. The summed E-state index contributed by atoms with van der Waals surface area (Å²) >= 11 is 0. The summed E-state index contributed by atoms with van der Waals surface area (Å²) in [7, 11) is 0. The Labute approximate surface area is 155 Å². The molecule has 0 aliphatic carbocycles. The lowest BCUT2D eigenvalue weighted by atomic mass is 10.2. The molecule has 0 bridgehead atoms. The lowest BCUT2D eigenvalue weighted by Crippen LogP contribution is -2.33. The lowest BCUT2D eigenvalue weighted by Gasteiger charge is -2.12. The van der Waals surface area contributed by atoms with Crippen molar-refractivity contribution in [2.75, 3.05) is 0 Å². The second kappa shape index (κ2) is 9.48. The molecule has 0 saturated carbocycles. The zero-order chi connectivity index (χ0) is 19.6. The highest BCUT2D eigenvalue weighted by Gasteiger charge is 2.13. The van der Waals surface area contributed by atoms with Gasteiger partial charge in [0, 0.05) is 12.3 Å². The molecule has 8 heteroatoms. The number of benzene rings is 2. The number of nitro benzene ring substituents is 1. The summed E-state index contributed by atoms with van der Waals surface area (Å²) in [6.45, 7) is 1.56. The largest absolute Gasteiger partial charge is 0.481 e. The van der Waals surface area contributed by atoms with E-state index in [-0.39, 0.29) is 5.69 Å². The molecule has 2 aromatic carbocycles. The second-order valence-corrected chi connectivity index (χ2v) is 5.33. The number of nitro groups is 1. The molecule has 0 heterocycles. The van der Waals surface area contributed by atoms with Gasteiger partial charge in [0.15, 0.2) is 6.10 Å². The highest BCUT2D eigenvalue weighted by Crippen LogP contribution is 2.18. The number of ether oxygens (including phenoxy) is 1. The molecule has 2 rings (SSSR count).